The van der Waals surface area contributed by atoms with Crippen LogP contribution >= 0.6 is 8.38 Å². The van der Waals surface area contributed by atoms with Gasteiger partial charge in [-0.1, -0.05) is 6.07 Å². The van der Waals surface area contributed by atoms with Crippen LogP contribution in [0, 0.1) is 5.82 Å². The Bertz CT molecular complexity index is 1580. The number of anilines is 4. The maximum atomic E-state index is 14.9. The average molecular weight is 590 g/mol. The smallest absolute Gasteiger partial charge is 0.354 e. The van der Waals surface area contributed by atoms with Crippen LogP contribution in [0.25, 0.3) is 11.3 Å². The van der Waals surface area contributed by atoms with Gasteiger partial charge in [-0.05, 0) is 36.2 Å². The highest BCUT2D eigenvalue weighted by atomic mass is 31.2. The zero-order valence-corrected chi connectivity index (χ0v) is 22.3. The second-order valence-electron chi connectivity index (χ2n) is 8.88. The Kier molecular flexibility index (Phi) is 8.10. The number of hydrogen-bond donors (Lipinski definition) is 4. The number of pyridine rings is 1. The summed E-state index contributed by atoms with van der Waals surface area (Å²) in [6.45, 7) is 0.697. The Morgan fingerprint density at radius 3 is 2.71 bits per heavy atom. The molecule has 1 unspecified atom stereocenters. The quantitative estimate of drug-likeness (QED) is 0.179. The number of halogens is 4. The Morgan fingerprint density at radius 2 is 1.95 bits per heavy atom. The van der Waals surface area contributed by atoms with E-state index in [1.807, 2.05) is 0 Å². The van der Waals surface area contributed by atoms with Crippen LogP contribution in [0.3, 0.4) is 0 Å². The zero-order valence-electron chi connectivity index (χ0n) is 21.4. The van der Waals surface area contributed by atoms with Gasteiger partial charge in [0.25, 0.3) is 5.91 Å². The number of aryl methyl sites for hydroxylation is 1. The predicted molar refractivity (Wildman–Crippen MR) is 142 cm³/mol. The van der Waals surface area contributed by atoms with Gasteiger partial charge in [0.2, 0.25) is 5.95 Å². The van der Waals surface area contributed by atoms with Crippen LogP contribution in [0.2, 0.25) is 0 Å². The minimum atomic E-state index is -4.85. The van der Waals surface area contributed by atoms with Crippen molar-refractivity contribution < 1.29 is 31.8 Å². The summed E-state index contributed by atoms with van der Waals surface area (Å²) in [5, 5.41) is 11.8. The molecule has 1 aromatic carbocycles. The third kappa shape index (κ3) is 6.59. The highest BCUT2D eigenvalue weighted by Gasteiger charge is 2.36. The van der Waals surface area contributed by atoms with Crippen LogP contribution in [-0.4, -0.2) is 49.2 Å². The van der Waals surface area contributed by atoms with Gasteiger partial charge in [-0.2, -0.15) is 23.3 Å². The lowest BCUT2D eigenvalue weighted by molar-refractivity contribution is -0.137. The lowest BCUT2D eigenvalue weighted by atomic mass is 10.1. The Hall–Kier alpha value is -4.20. The molecule has 11 nitrogen and oxygen atoms in total. The summed E-state index contributed by atoms with van der Waals surface area (Å²) < 4.78 is 63.6. The minimum absolute atomic E-state index is 0.0500. The molecule has 41 heavy (non-hydrogen) atoms. The van der Waals surface area contributed by atoms with Crippen LogP contribution in [0.5, 0.6) is 0 Å². The van der Waals surface area contributed by atoms with Gasteiger partial charge >= 0.3 is 6.18 Å². The molecule has 16 heteroatoms. The molecular weight excluding hydrogens is 567 g/mol. The van der Waals surface area contributed by atoms with Crippen LogP contribution in [0.4, 0.5) is 40.7 Å². The minimum Gasteiger partial charge on any atom is -0.354 e. The van der Waals surface area contributed by atoms with E-state index in [-0.39, 0.29) is 35.8 Å². The lowest BCUT2D eigenvalue weighted by Gasteiger charge is -2.17. The van der Waals surface area contributed by atoms with Crippen molar-refractivity contribution in [1.82, 2.24) is 30.0 Å². The third-order valence-electron chi connectivity index (χ3n) is 5.98. The van der Waals surface area contributed by atoms with Crippen molar-refractivity contribution in [2.45, 2.75) is 25.3 Å². The molecule has 0 spiro atoms. The molecule has 4 aliphatic heterocycles. The van der Waals surface area contributed by atoms with Gasteiger partial charge < -0.3 is 25.4 Å². The number of carbonyl (C=O) groups excluding carboxylic acids is 1. The van der Waals surface area contributed by atoms with Crippen molar-refractivity contribution in [3.05, 3.63) is 71.6 Å². The summed E-state index contributed by atoms with van der Waals surface area (Å²) in [5.41, 5.74) is -0.148. The van der Waals surface area contributed by atoms with Crippen LogP contribution in [0.1, 0.15) is 28.0 Å². The van der Waals surface area contributed by atoms with Gasteiger partial charge in [0.1, 0.15) is 17.2 Å². The van der Waals surface area contributed by atoms with E-state index in [2.05, 4.69) is 36.0 Å². The van der Waals surface area contributed by atoms with E-state index in [0.29, 0.717) is 36.0 Å². The number of carbonyl (C=O) groups is 1. The normalized spacial score (nSPS) is 15.8. The number of benzene rings is 1. The molecule has 8 rings (SSSR count). The Balaban J connectivity index is 1.60. The highest BCUT2D eigenvalue weighted by molar-refractivity contribution is 7.45. The molecule has 1 atom stereocenters. The monoisotopic (exact) mass is 590 g/mol. The maximum absolute atomic E-state index is 14.9. The van der Waals surface area contributed by atoms with Gasteiger partial charge in [0.05, 0.1) is 29.9 Å². The molecule has 0 saturated heterocycles. The first-order valence-corrected chi connectivity index (χ1v) is 13.6. The second-order valence-corrected chi connectivity index (χ2v) is 10.2. The fourth-order valence-electron chi connectivity index (χ4n) is 3.98. The first-order chi connectivity index (χ1) is 19.6. The van der Waals surface area contributed by atoms with E-state index in [9.17, 15) is 27.2 Å². The first-order valence-electron chi connectivity index (χ1n) is 12.2. The molecule has 4 aromatic rings. The fraction of sp³-hybridized carbons (Fsp3) is 0.240. The molecule has 0 aliphatic carbocycles. The number of aromatic nitrogens is 5. The molecule has 4 N–H and O–H groups in total. The molecule has 8 bridgehead atoms. The molecule has 0 fully saturated rings. The van der Waals surface area contributed by atoms with Crippen LogP contribution < -0.4 is 16.0 Å². The summed E-state index contributed by atoms with van der Waals surface area (Å²) in [6, 6.07) is 7.01. The van der Waals surface area contributed by atoms with E-state index in [4.69, 9.17) is 4.52 Å². The van der Waals surface area contributed by atoms with Crippen molar-refractivity contribution in [2.75, 3.05) is 24.3 Å². The van der Waals surface area contributed by atoms with Crippen molar-refractivity contribution in [1.29, 1.82) is 0 Å². The summed E-state index contributed by atoms with van der Waals surface area (Å²) in [4.78, 5) is 35.0. The third-order valence-corrected chi connectivity index (χ3v) is 7.10. The van der Waals surface area contributed by atoms with Gasteiger partial charge in [0, 0.05) is 37.7 Å². The maximum Gasteiger partial charge on any atom is 0.421 e. The van der Waals surface area contributed by atoms with E-state index >= 15 is 0 Å². The SMILES string of the molecule is CNC(=O)c1nc2ccc1Nc1nc(ncc1C(F)(F)F)Nc1ccc(cc1F)CP(O)OCCCn1cc-2cn1. The summed E-state index contributed by atoms with van der Waals surface area (Å²) in [7, 11) is -0.505. The number of amides is 1. The standard InChI is InChI=1S/C25H23F4N8O3P/c1-30-23(38)21-20-6-5-18(33-21)15-10-32-37(12-15)7-2-8-40-41(39)13-14-3-4-19(17(26)9-14)35-24-31-11-16(25(27,28)29)22(34-20)36-24/h3-6,9-12,39H,2,7-8,13H2,1H3,(H,30,38)(H2,31,34,35,36). The fourth-order valence-corrected chi connectivity index (χ4v) is 4.92. The van der Waals surface area contributed by atoms with Crippen molar-refractivity contribution in [2.24, 2.45) is 0 Å². The van der Waals surface area contributed by atoms with Gasteiger partial charge in [-0.25, -0.2) is 14.4 Å². The molecule has 0 saturated carbocycles. The van der Waals surface area contributed by atoms with E-state index < -0.39 is 37.7 Å². The number of rotatable bonds is 1. The Labute approximate surface area is 231 Å². The number of hydrogen-bond acceptors (Lipinski definition) is 9. The molecule has 0 radical (unpaired) electrons. The number of alkyl halides is 3. The van der Waals surface area contributed by atoms with Crippen LogP contribution in [-0.2, 0) is 23.4 Å². The summed E-state index contributed by atoms with van der Waals surface area (Å²) >= 11 is 0. The largest absolute Gasteiger partial charge is 0.421 e. The van der Waals surface area contributed by atoms with E-state index in [0.717, 1.165) is 0 Å². The lowest BCUT2D eigenvalue weighted by Crippen LogP contribution is -2.21. The van der Waals surface area contributed by atoms with Crippen molar-refractivity contribution in [3.8, 4) is 11.3 Å². The molecule has 3 aromatic heterocycles. The topological polar surface area (TPSA) is 139 Å². The van der Waals surface area contributed by atoms with E-state index in [1.54, 1.807) is 23.1 Å². The van der Waals surface area contributed by atoms with Gasteiger partial charge in [0.15, 0.2) is 14.1 Å². The molecule has 214 valence electrons. The number of nitrogens with one attached hydrogen (secondary N) is 3. The van der Waals surface area contributed by atoms with Crippen molar-refractivity contribution >= 4 is 37.4 Å². The van der Waals surface area contributed by atoms with E-state index in [1.165, 1.54) is 31.3 Å². The first kappa shape index (κ1) is 28.3. The summed E-state index contributed by atoms with van der Waals surface area (Å²) in [5.74, 6) is -2.40. The molecule has 4 aliphatic rings. The summed E-state index contributed by atoms with van der Waals surface area (Å²) in [6.07, 6.45) is -0.450. The van der Waals surface area contributed by atoms with Gasteiger partial charge in [-0.15, -0.1) is 0 Å². The molecule has 1 amide bonds. The zero-order chi connectivity index (χ0) is 29.1. The molecular formula is C25H23F4N8O3P. The van der Waals surface area contributed by atoms with Crippen molar-refractivity contribution in [3.63, 3.8) is 0 Å². The average Bonchev–Trinajstić information content (AvgIpc) is 3.40. The predicted octanol–water partition coefficient (Wildman–Crippen LogP) is 4.96. The second kappa shape index (κ2) is 11.7. The van der Waals surface area contributed by atoms with Crippen LogP contribution in [0.15, 0.2) is 48.9 Å². The van der Waals surface area contributed by atoms with Gasteiger partial charge in [-0.3, -0.25) is 9.48 Å². The highest BCUT2D eigenvalue weighted by Crippen LogP contribution is 2.38. The Morgan fingerprint density at radius 1 is 1.15 bits per heavy atom. The molecule has 7 heterocycles. The number of nitrogens with zero attached hydrogens (tertiary/aromatic N) is 5.